The predicted molar refractivity (Wildman–Crippen MR) is 219 cm³/mol. The Morgan fingerprint density at radius 2 is 1.44 bits per heavy atom. The van der Waals surface area contributed by atoms with Crippen molar-refractivity contribution in [3.8, 4) is 0 Å². The van der Waals surface area contributed by atoms with Crippen LogP contribution in [0.2, 0.25) is 5.02 Å². The molecule has 1 aliphatic rings. The summed E-state index contributed by atoms with van der Waals surface area (Å²) in [5, 5.41) is 53.5. The summed E-state index contributed by atoms with van der Waals surface area (Å²) in [6.45, 7) is 9.49. The highest BCUT2D eigenvalue weighted by Crippen LogP contribution is 2.34. The van der Waals surface area contributed by atoms with E-state index in [0.717, 1.165) is 6.92 Å². The van der Waals surface area contributed by atoms with Gasteiger partial charge in [-0.05, 0) is 51.8 Å². The molecular weight excluding hydrogens is 828 g/mol. The summed E-state index contributed by atoms with van der Waals surface area (Å²) in [5.41, 5.74) is -0.357. The highest BCUT2D eigenvalue weighted by molar-refractivity contribution is 6.30. The lowest BCUT2D eigenvalue weighted by atomic mass is 9.88. The van der Waals surface area contributed by atoms with E-state index in [1.54, 1.807) is 32.9 Å². The normalized spacial score (nSPS) is 20.0. The van der Waals surface area contributed by atoms with E-state index in [2.05, 4.69) is 21.3 Å². The van der Waals surface area contributed by atoms with E-state index >= 15 is 0 Å². The van der Waals surface area contributed by atoms with Gasteiger partial charge in [0.2, 0.25) is 11.8 Å². The first-order chi connectivity index (χ1) is 28.9. The molecule has 348 valence electrons. The van der Waals surface area contributed by atoms with Crippen molar-refractivity contribution in [1.29, 1.82) is 0 Å². The molecular formula is C40H65ClN4O16. The summed E-state index contributed by atoms with van der Waals surface area (Å²) in [5.74, 6) is -5.37. The Labute approximate surface area is 361 Å². The van der Waals surface area contributed by atoms with Gasteiger partial charge >= 0.3 is 12.1 Å². The Kier molecular flexibility index (Phi) is 25.2. The van der Waals surface area contributed by atoms with Crippen LogP contribution in [-0.2, 0) is 47.5 Å². The van der Waals surface area contributed by atoms with Gasteiger partial charge in [0.1, 0.15) is 17.8 Å². The van der Waals surface area contributed by atoms with Crippen LogP contribution < -0.4 is 21.3 Å². The quantitative estimate of drug-likeness (QED) is 0.0499. The molecule has 1 aromatic rings. The molecule has 4 amide bonds. The number of aliphatic carboxylic acids is 1. The molecule has 0 radical (unpaired) electrons. The Morgan fingerprint density at radius 1 is 0.852 bits per heavy atom. The fraction of sp³-hybridized carbons (Fsp3) is 0.725. The summed E-state index contributed by atoms with van der Waals surface area (Å²) in [6.07, 6.45) is -5.46. The molecule has 1 aliphatic heterocycles. The van der Waals surface area contributed by atoms with Gasteiger partial charge in [-0.1, -0.05) is 30.5 Å². The lowest BCUT2D eigenvalue weighted by molar-refractivity contribution is -0.310. The minimum Gasteiger partial charge on any atom is -0.477 e. The van der Waals surface area contributed by atoms with Crippen molar-refractivity contribution in [2.45, 2.75) is 108 Å². The molecule has 21 heteroatoms. The van der Waals surface area contributed by atoms with E-state index in [0.29, 0.717) is 96.7 Å². The number of amides is 4. The second-order valence-electron chi connectivity index (χ2n) is 15.2. The highest BCUT2D eigenvalue weighted by atomic mass is 35.5. The van der Waals surface area contributed by atoms with E-state index in [9.17, 15) is 44.4 Å². The average molecular weight is 893 g/mol. The van der Waals surface area contributed by atoms with Crippen molar-refractivity contribution in [3.05, 3.63) is 34.9 Å². The number of halogens is 1. The molecule has 0 spiro atoms. The van der Waals surface area contributed by atoms with Crippen LogP contribution in [0.5, 0.6) is 0 Å². The van der Waals surface area contributed by atoms with Crippen LogP contribution in [0.25, 0.3) is 0 Å². The third-order valence-electron chi connectivity index (χ3n) is 8.79. The molecule has 0 unspecified atom stereocenters. The molecule has 0 aliphatic carbocycles. The van der Waals surface area contributed by atoms with E-state index in [-0.39, 0.29) is 24.5 Å². The second kappa shape index (κ2) is 28.8. The zero-order valence-electron chi connectivity index (χ0n) is 35.5. The number of carbonyl (C=O) groups excluding carboxylic acids is 4. The predicted octanol–water partition coefficient (Wildman–Crippen LogP) is 0.901. The van der Waals surface area contributed by atoms with Gasteiger partial charge in [0, 0.05) is 50.0 Å². The first-order valence-corrected chi connectivity index (χ1v) is 20.8. The fourth-order valence-corrected chi connectivity index (χ4v) is 6.04. The van der Waals surface area contributed by atoms with E-state index in [1.807, 2.05) is 0 Å². The van der Waals surface area contributed by atoms with Crippen molar-refractivity contribution >= 4 is 41.4 Å². The molecule has 8 N–H and O–H groups in total. The number of unbranched alkanes of at least 4 members (excludes halogenated alkanes) is 3. The van der Waals surface area contributed by atoms with Gasteiger partial charge in [-0.25, -0.2) is 9.59 Å². The number of carbonyl (C=O) groups is 5. The van der Waals surface area contributed by atoms with Gasteiger partial charge in [-0.15, -0.1) is 0 Å². The lowest BCUT2D eigenvalue weighted by Crippen LogP contribution is -2.68. The molecule has 61 heavy (non-hydrogen) atoms. The SMILES string of the molecule is CC(=O)N[C@H]1[C@H]([C@H](O)[C@H](O)CNC(=O)c2cccc(Cl)c2)O[C@@](OCCCCCCC(=O)NCCOCCOCCOCCOCCNC(=O)OC(C)(C)C)(C(=O)O)C[C@@H]1O. The van der Waals surface area contributed by atoms with Crippen LogP contribution in [0.3, 0.4) is 0 Å². The van der Waals surface area contributed by atoms with Crippen LogP contribution in [0.1, 0.15) is 76.6 Å². The van der Waals surface area contributed by atoms with Gasteiger partial charge in [0.15, 0.2) is 0 Å². The molecule has 6 atom stereocenters. The smallest absolute Gasteiger partial charge is 0.407 e. The number of alkyl carbamates (subject to hydrolysis) is 1. The topological polar surface area (TPSA) is 279 Å². The molecule has 20 nitrogen and oxygen atoms in total. The summed E-state index contributed by atoms with van der Waals surface area (Å²) >= 11 is 5.93. The number of aliphatic hydroxyl groups is 3. The van der Waals surface area contributed by atoms with Crippen LogP contribution in [0, 0.1) is 0 Å². The zero-order chi connectivity index (χ0) is 45.3. The van der Waals surface area contributed by atoms with Crippen LogP contribution >= 0.6 is 11.6 Å². The summed E-state index contributed by atoms with van der Waals surface area (Å²) in [4.78, 5) is 60.7. The molecule has 0 aromatic heterocycles. The maximum atomic E-state index is 12.5. The minimum atomic E-state index is -2.42. The van der Waals surface area contributed by atoms with Crippen molar-refractivity contribution in [3.63, 3.8) is 0 Å². The van der Waals surface area contributed by atoms with Crippen LogP contribution in [-0.4, -0.2) is 171 Å². The molecule has 0 bridgehead atoms. The molecule has 1 heterocycles. The average Bonchev–Trinajstić information content (AvgIpc) is 3.18. The van der Waals surface area contributed by atoms with Gasteiger partial charge in [0.25, 0.3) is 11.7 Å². The van der Waals surface area contributed by atoms with Crippen molar-refractivity contribution in [2.24, 2.45) is 0 Å². The van der Waals surface area contributed by atoms with Crippen molar-refractivity contribution in [1.82, 2.24) is 21.3 Å². The first kappa shape index (κ1) is 53.4. The Balaban J connectivity index is 1.58. The minimum absolute atomic E-state index is 0.113. The molecule has 2 rings (SSSR count). The maximum Gasteiger partial charge on any atom is 0.407 e. The Morgan fingerprint density at radius 3 is 2.02 bits per heavy atom. The molecule has 0 saturated carbocycles. The number of carboxylic acid groups (broad SMARTS) is 1. The monoisotopic (exact) mass is 892 g/mol. The van der Waals surface area contributed by atoms with Crippen molar-refractivity contribution in [2.75, 3.05) is 79.1 Å². The van der Waals surface area contributed by atoms with Gasteiger partial charge < -0.3 is 74.9 Å². The standard InChI is InChI=1S/C40H65ClN4O16/c1-27(46)45-33-30(47)25-40(37(52)53,60-35(33)34(50)31(48)26-44-36(51)28-10-9-11-29(41)24-28)59-15-8-6-5-7-12-32(49)42-13-16-55-18-20-57-22-23-58-21-19-56-17-14-43-38(54)61-39(2,3)4/h9-11,24,30-31,33-35,47-48,50H,5-8,12-23,25-26H2,1-4H3,(H,42,49)(H,43,54)(H,44,51)(H,45,46)(H,52,53)/t30-,31+,33+,34+,35+,40+/m0/s1. The van der Waals surface area contributed by atoms with Gasteiger partial charge in [0.05, 0.1) is 77.7 Å². The van der Waals surface area contributed by atoms with E-state index < -0.39 is 78.7 Å². The van der Waals surface area contributed by atoms with E-state index in [1.165, 1.54) is 12.1 Å². The first-order valence-electron chi connectivity index (χ1n) is 20.4. The number of benzene rings is 1. The lowest BCUT2D eigenvalue weighted by Gasteiger charge is -2.46. The number of nitrogens with one attached hydrogen (secondary N) is 4. The maximum absolute atomic E-state index is 12.5. The third kappa shape index (κ3) is 22.3. The molecule has 1 saturated heterocycles. The third-order valence-corrected chi connectivity index (χ3v) is 9.03. The Hall–Kier alpha value is -3.70. The van der Waals surface area contributed by atoms with E-state index in [4.69, 9.17) is 44.8 Å². The number of hydrogen-bond acceptors (Lipinski definition) is 15. The second-order valence-corrected chi connectivity index (χ2v) is 15.6. The number of ether oxygens (including phenoxy) is 7. The number of carboxylic acids is 1. The molecule has 1 aromatic carbocycles. The fourth-order valence-electron chi connectivity index (χ4n) is 5.85. The molecule has 1 fully saturated rings. The highest BCUT2D eigenvalue weighted by Gasteiger charge is 2.55. The largest absolute Gasteiger partial charge is 0.477 e. The number of rotatable bonds is 30. The summed E-state index contributed by atoms with van der Waals surface area (Å²) in [7, 11) is 0. The van der Waals surface area contributed by atoms with Gasteiger partial charge in [-0.3, -0.25) is 14.4 Å². The van der Waals surface area contributed by atoms with Crippen LogP contribution in [0.4, 0.5) is 4.79 Å². The summed E-state index contributed by atoms with van der Waals surface area (Å²) in [6, 6.07) is 4.71. The Bertz CT molecular complexity index is 1490. The van der Waals surface area contributed by atoms with Crippen molar-refractivity contribution < 1.29 is 77.6 Å². The number of aliphatic hydroxyl groups excluding tert-OH is 3. The van der Waals surface area contributed by atoms with Crippen LogP contribution in [0.15, 0.2) is 24.3 Å². The van der Waals surface area contributed by atoms with Gasteiger partial charge in [-0.2, -0.15) is 0 Å². The zero-order valence-corrected chi connectivity index (χ0v) is 36.2. The number of hydrogen-bond donors (Lipinski definition) is 8. The summed E-state index contributed by atoms with van der Waals surface area (Å²) < 4.78 is 38.3.